The minimum absolute atomic E-state index is 0.403. The largest absolute Gasteiger partial charge is 0.0928 e. The van der Waals surface area contributed by atoms with Crippen LogP contribution in [0.15, 0.2) is 18.2 Å². The summed E-state index contributed by atoms with van der Waals surface area (Å²) in [7, 11) is 0. The molecule has 0 saturated heterocycles. The number of halogens is 3. The van der Waals surface area contributed by atoms with Gasteiger partial charge in [-0.25, -0.2) is 0 Å². The molecule has 0 saturated carbocycles. The minimum atomic E-state index is 0.403. The first kappa shape index (κ1) is 11.4. The average Bonchev–Trinajstić information content (AvgIpc) is 2.04. The van der Waals surface area contributed by atoms with Gasteiger partial charge < -0.3 is 0 Å². The maximum absolute atomic E-state index is 6.06. The fourth-order valence-corrected chi connectivity index (χ4v) is 2.75. The SMILES string of the molecule is CC(CCBr)c1c(Cl)cccc1Cl. The standard InChI is InChI=1S/C10H11BrCl2/c1-7(5-6-11)10-8(12)3-2-4-9(10)13/h2-4,7H,5-6H2,1H3. The second kappa shape index (κ2) is 5.23. The highest BCUT2D eigenvalue weighted by Gasteiger charge is 2.12. The summed E-state index contributed by atoms with van der Waals surface area (Å²) in [6, 6.07) is 5.63. The number of rotatable bonds is 3. The molecule has 1 aromatic carbocycles. The molecule has 0 aliphatic rings. The molecule has 0 fully saturated rings. The van der Waals surface area contributed by atoms with Gasteiger partial charge in [0.1, 0.15) is 0 Å². The Hall–Kier alpha value is 0.280. The fourth-order valence-electron chi connectivity index (χ4n) is 1.29. The molecule has 0 bridgehead atoms. The summed E-state index contributed by atoms with van der Waals surface area (Å²) in [6.45, 7) is 2.13. The third kappa shape index (κ3) is 2.87. The molecule has 0 heterocycles. The first-order valence-corrected chi connectivity index (χ1v) is 6.04. The number of alkyl halides is 1. The highest BCUT2D eigenvalue weighted by Crippen LogP contribution is 2.33. The Morgan fingerprint density at radius 2 is 1.85 bits per heavy atom. The first-order chi connectivity index (χ1) is 6.16. The van der Waals surface area contributed by atoms with Gasteiger partial charge in [0.25, 0.3) is 0 Å². The Labute approximate surface area is 97.4 Å². The Morgan fingerprint density at radius 1 is 1.31 bits per heavy atom. The summed E-state index contributed by atoms with van der Waals surface area (Å²) in [4.78, 5) is 0. The van der Waals surface area contributed by atoms with E-state index in [9.17, 15) is 0 Å². The molecule has 0 N–H and O–H groups in total. The zero-order chi connectivity index (χ0) is 9.84. The van der Waals surface area contributed by atoms with Crippen LogP contribution in [-0.4, -0.2) is 5.33 Å². The van der Waals surface area contributed by atoms with Gasteiger partial charge in [-0.3, -0.25) is 0 Å². The molecule has 0 aromatic heterocycles. The topological polar surface area (TPSA) is 0 Å². The summed E-state index contributed by atoms with van der Waals surface area (Å²) in [5.74, 6) is 0.403. The summed E-state index contributed by atoms with van der Waals surface area (Å²) < 4.78 is 0. The number of hydrogen-bond acceptors (Lipinski definition) is 0. The Morgan fingerprint density at radius 3 is 2.31 bits per heavy atom. The lowest BCUT2D eigenvalue weighted by Gasteiger charge is -2.13. The zero-order valence-corrected chi connectivity index (χ0v) is 10.5. The maximum atomic E-state index is 6.06. The lowest BCUT2D eigenvalue weighted by Crippen LogP contribution is -1.96. The molecule has 0 radical (unpaired) electrons. The highest BCUT2D eigenvalue weighted by molar-refractivity contribution is 9.09. The van der Waals surface area contributed by atoms with Crippen molar-refractivity contribution < 1.29 is 0 Å². The molecule has 1 aromatic rings. The lowest BCUT2D eigenvalue weighted by molar-refractivity contribution is 0.744. The van der Waals surface area contributed by atoms with Crippen LogP contribution < -0.4 is 0 Å². The predicted molar refractivity (Wildman–Crippen MR) is 63.3 cm³/mol. The number of hydrogen-bond donors (Lipinski definition) is 0. The molecule has 3 heteroatoms. The first-order valence-electron chi connectivity index (χ1n) is 4.16. The van der Waals surface area contributed by atoms with Crippen molar-refractivity contribution >= 4 is 39.1 Å². The number of benzene rings is 1. The fraction of sp³-hybridized carbons (Fsp3) is 0.400. The summed E-state index contributed by atoms with van der Waals surface area (Å²) in [5.41, 5.74) is 1.06. The molecule has 0 spiro atoms. The lowest BCUT2D eigenvalue weighted by atomic mass is 9.99. The van der Waals surface area contributed by atoms with Gasteiger partial charge >= 0.3 is 0 Å². The van der Waals surface area contributed by atoms with Crippen molar-refractivity contribution in [2.24, 2.45) is 0 Å². The molecule has 72 valence electrons. The van der Waals surface area contributed by atoms with Crippen LogP contribution in [0.3, 0.4) is 0 Å². The van der Waals surface area contributed by atoms with E-state index in [4.69, 9.17) is 23.2 Å². The van der Waals surface area contributed by atoms with Crippen LogP contribution in [0.5, 0.6) is 0 Å². The minimum Gasteiger partial charge on any atom is -0.0928 e. The molecule has 0 nitrogen and oxygen atoms in total. The van der Waals surface area contributed by atoms with Crippen molar-refractivity contribution in [1.29, 1.82) is 0 Å². The summed E-state index contributed by atoms with van der Waals surface area (Å²) in [5, 5.41) is 2.50. The third-order valence-electron chi connectivity index (χ3n) is 2.03. The van der Waals surface area contributed by atoms with Crippen LogP contribution in [0.4, 0.5) is 0 Å². The molecule has 13 heavy (non-hydrogen) atoms. The molecule has 1 atom stereocenters. The van der Waals surface area contributed by atoms with E-state index in [1.165, 1.54) is 0 Å². The summed E-state index contributed by atoms with van der Waals surface area (Å²) >= 11 is 15.5. The van der Waals surface area contributed by atoms with Gasteiger partial charge in [0, 0.05) is 15.4 Å². The van der Waals surface area contributed by atoms with Gasteiger partial charge in [-0.1, -0.05) is 52.1 Å². The van der Waals surface area contributed by atoms with Crippen molar-refractivity contribution in [2.45, 2.75) is 19.3 Å². The molecular formula is C10H11BrCl2. The Bertz CT molecular complexity index is 266. The van der Waals surface area contributed by atoms with Crippen LogP contribution in [-0.2, 0) is 0 Å². The van der Waals surface area contributed by atoms with Crippen molar-refractivity contribution in [3.8, 4) is 0 Å². The Kier molecular flexibility index (Phi) is 4.57. The van der Waals surface area contributed by atoms with Crippen LogP contribution in [0.25, 0.3) is 0 Å². The van der Waals surface area contributed by atoms with Gasteiger partial charge in [-0.2, -0.15) is 0 Å². The van der Waals surface area contributed by atoms with E-state index in [0.29, 0.717) is 5.92 Å². The van der Waals surface area contributed by atoms with Gasteiger partial charge in [-0.15, -0.1) is 0 Å². The zero-order valence-electron chi connectivity index (χ0n) is 7.36. The normalized spacial score (nSPS) is 12.9. The van der Waals surface area contributed by atoms with Gasteiger partial charge in [0.15, 0.2) is 0 Å². The van der Waals surface area contributed by atoms with Gasteiger partial charge in [0.05, 0.1) is 0 Å². The second-order valence-electron chi connectivity index (χ2n) is 3.01. The van der Waals surface area contributed by atoms with E-state index in [-0.39, 0.29) is 0 Å². The monoisotopic (exact) mass is 280 g/mol. The summed E-state index contributed by atoms with van der Waals surface area (Å²) in [6.07, 6.45) is 1.05. The third-order valence-corrected chi connectivity index (χ3v) is 3.15. The van der Waals surface area contributed by atoms with E-state index < -0.39 is 0 Å². The molecular weight excluding hydrogens is 271 g/mol. The molecule has 0 aliphatic heterocycles. The van der Waals surface area contributed by atoms with E-state index >= 15 is 0 Å². The van der Waals surface area contributed by atoms with E-state index in [2.05, 4.69) is 22.9 Å². The Balaban J connectivity index is 2.98. The molecule has 0 amide bonds. The van der Waals surface area contributed by atoms with Crippen LogP contribution in [0.2, 0.25) is 10.0 Å². The predicted octanol–water partition coefficient (Wildman–Crippen LogP) is 4.88. The van der Waals surface area contributed by atoms with Crippen molar-refractivity contribution in [1.82, 2.24) is 0 Å². The van der Waals surface area contributed by atoms with E-state index in [1.54, 1.807) is 0 Å². The van der Waals surface area contributed by atoms with Crippen LogP contribution in [0.1, 0.15) is 24.8 Å². The van der Waals surface area contributed by atoms with E-state index in [1.807, 2.05) is 18.2 Å². The molecule has 1 unspecified atom stereocenters. The van der Waals surface area contributed by atoms with Crippen LogP contribution >= 0.6 is 39.1 Å². The van der Waals surface area contributed by atoms with Gasteiger partial charge in [0.2, 0.25) is 0 Å². The van der Waals surface area contributed by atoms with Crippen molar-refractivity contribution in [3.05, 3.63) is 33.8 Å². The second-order valence-corrected chi connectivity index (χ2v) is 4.62. The van der Waals surface area contributed by atoms with Crippen LogP contribution in [0, 0.1) is 0 Å². The average molecular weight is 282 g/mol. The van der Waals surface area contributed by atoms with Crippen molar-refractivity contribution in [3.63, 3.8) is 0 Å². The smallest absolute Gasteiger partial charge is 0.0455 e. The van der Waals surface area contributed by atoms with Gasteiger partial charge in [-0.05, 0) is 30.0 Å². The molecule has 0 aliphatic carbocycles. The quantitative estimate of drug-likeness (QED) is 0.693. The molecule has 1 rings (SSSR count). The van der Waals surface area contributed by atoms with Crippen molar-refractivity contribution in [2.75, 3.05) is 5.33 Å². The van der Waals surface area contributed by atoms with E-state index in [0.717, 1.165) is 27.4 Å². The highest BCUT2D eigenvalue weighted by atomic mass is 79.9. The maximum Gasteiger partial charge on any atom is 0.0455 e.